The van der Waals surface area contributed by atoms with Crippen LogP contribution in [0.3, 0.4) is 0 Å². The summed E-state index contributed by atoms with van der Waals surface area (Å²) in [5.41, 5.74) is 0. The fourth-order valence-electron chi connectivity index (χ4n) is 3.51. The first-order chi connectivity index (χ1) is 11.0. The van der Waals surface area contributed by atoms with E-state index >= 15 is 0 Å². The molecule has 1 aromatic rings. The Hall–Kier alpha value is -0.773. The van der Waals surface area contributed by atoms with Gasteiger partial charge in [-0.3, -0.25) is 0 Å². The third-order valence-electron chi connectivity index (χ3n) is 4.38. The summed E-state index contributed by atoms with van der Waals surface area (Å²) in [7, 11) is -5.85. The van der Waals surface area contributed by atoms with Crippen LogP contribution in [0.15, 0.2) is 33.6 Å². The quantitative estimate of drug-likeness (QED) is 0.415. The zero-order valence-corrected chi connectivity index (χ0v) is 17.4. The van der Waals surface area contributed by atoms with Crippen LogP contribution in [0.5, 0.6) is 0 Å². The van der Waals surface area contributed by atoms with Crippen molar-refractivity contribution < 1.29 is 21.5 Å². The molecule has 1 fully saturated rings. The zero-order valence-electron chi connectivity index (χ0n) is 14.0. The van der Waals surface area contributed by atoms with Gasteiger partial charge in [-0.25, -0.2) is 0 Å². The van der Waals surface area contributed by atoms with Gasteiger partial charge in [-0.15, -0.1) is 0 Å². The average Bonchev–Trinajstić information content (AvgIpc) is 3.01. The van der Waals surface area contributed by atoms with E-state index in [9.17, 15) is 12.5 Å². The number of sulfonamides is 1. The van der Waals surface area contributed by atoms with Gasteiger partial charge in [0.2, 0.25) is 0 Å². The summed E-state index contributed by atoms with van der Waals surface area (Å²) >= 11 is 3.31. The molecule has 2 aliphatic heterocycles. The van der Waals surface area contributed by atoms with Crippen LogP contribution < -0.4 is 0 Å². The summed E-state index contributed by atoms with van der Waals surface area (Å²) in [6, 6.07) is 6.13. The minimum absolute atomic E-state index is 0.220. The molecule has 0 unspecified atom stereocenters. The first-order valence-corrected chi connectivity index (χ1v) is 13.7. The fourth-order valence-corrected chi connectivity index (χ4v) is 7.90. The van der Waals surface area contributed by atoms with Crippen molar-refractivity contribution in [2.24, 2.45) is 0 Å². The van der Waals surface area contributed by atoms with E-state index in [4.69, 9.17) is 4.43 Å². The Morgan fingerprint density at radius 2 is 1.96 bits per heavy atom. The second kappa shape index (κ2) is 5.62. The number of nitrogens with zero attached hydrogens (tertiary/aromatic N) is 2. The second-order valence-electron chi connectivity index (χ2n) is 7.37. The van der Waals surface area contributed by atoms with E-state index in [1.54, 1.807) is 35.9 Å². The van der Waals surface area contributed by atoms with E-state index < -0.39 is 24.0 Å². The predicted molar refractivity (Wildman–Crippen MR) is 96.8 cm³/mol. The zero-order chi connectivity index (χ0) is 17.8. The van der Waals surface area contributed by atoms with Gasteiger partial charge in [0.05, 0.1) is 0 Å². The molecule has 0 bridgehead atoms. The maximum atomic E-state index is 14.9. The Morgan fingerprint density at radius 3 is 2.50 bits per heavy atom. The molecule has 2 aliphatic rings. The van der Waals surface area contributed by atoms with Gasteiger partial charge in [0.25, 0.3) is 0 Å². The molecule has 3 rings (SSSR count). The molecule has 1 aromatic carbocycles. The van der Waals surface area contributed by atoms with Gasteiger partial charge >= 0.3 is 151 Å². The van der Waals surface area contributed by atoms with Gasteiger partial charge in [0.1, 0.15) is 0 Å². The summed E-state index contributed by atoms with van der Waals surface area (Å²) in [4.78, 5) is 0.242. The molecule has 5 nitrogen and oxygen atoms in total. The Balaban J connectivity index is 1.94. The number of hydrogen-bond donors (Lipinski definition) is 0. The van der Waals surface area contributed by atoms with Crippen LogP contribution in [0.1, 0.15) is 12.8 Å². The van der Waals surface area contributed by atoms with Crippen molar-refractivity contribution in [2.45, 2.75) is 36.9 Å². The number of hydrogen-bond acceptors (Lipinski definition) is 3. The number of rotatable bonds is 3. The first-order valence-electron chi connectivity index (χ1n) is 7.94. The normalized spacial score (nSPS) is 28.4. The summed E-state index contributed by atoms with van der Waals surface area (Å²) in [6.45, 7) is 3.49. The second-order valence-corrected chi connectivity index (χ2v) is 15.4. The molecule has 0 amide bonds. The number of benzene rings is 1. The fraction of sp³-hybridized carbons (Fsp3) is 0.533. The Bertz CT molecular complexity index is 802. The molecule has 0 radical (unpaired) electrons. The molecular weight excluding hydrogens is 415 g/mol. The Kier molecular flexibility index (Phi) is 4.22. The van der Waals surface area contributed by atoms with Gasteiger partial charge < -0.3 is 0 Å². The molecule has 0 N–H and O–H groups in total. The van der Waals surface area contributed by atoms with Gasteiger partial charge in [-0.2, -0.15) is 0 Å². The standard InChI is InChI=1S/C15H22BrFN2O3SSi/c1-18-11-24(2,3,17)22-15(18)14-5-4-10-19(14)23(20,21)13-8-6-12(16)7-9-13/h6-9,14H,4-5,10-11H2,1-3H3/t14-/m0/s1. The van der Waals surface area contributed by atoms with Gasteiger partial charge in [-0.05, 0) is 0 Å². The van der Waals surface area contributed by atoms with Crippen LogP contribution in [0.25, 0.3) is 0 Å². The summed E-state index contributed by atoms with van der Waals surface area (Å²) < 4.78 is 50.7. The van der Waals surface area contributed by atoms with E-state index in [1.165, 1.54) is 17.4 Å². The molecule has 2 heterocycles. The van der Waals surface area contributed by atoms with Crippen molar-refractivity contribution in [3.63, 3.8) is 0 Å². The molecule has 24 heavy (non-hydrogen) atoms. The third-order valence-corrected chi connectivity index (χ3v) is 9.03. The monoisotopic (exact) mass is 436 g/mol. The van der Waals surface area contributed by atoms with Crippen molar-refractivity contribution in [3.8, 4) is 0 Å². The van der Waals surface area contributed by atoms with Crippen molar-refractivity contribution in [1.29, 1.82) is 0 Å². The molecule has 1 atom stereocenters. The van der Waals surface area contributed by atoms with E-state index in [2.05, 4.69) is 15.9 Å². The van der Waals surface area contributed by atoms with Gasteiger partial charge in [0.15, 0.2) is 0 Å². The molecule has 134 valence electrons. The van der Waals surface area contributed by atoms with Crippen molar-refractivity contribution in [2.75, 3.05) is 19.8 Å². The Labute approximate surface area is 151 Å². The molecule has 0 aliphatic carbocycles. The van der Waals surface area contributed by atoms with Crippen LogP contribution in [0.4, 0.5) is 4.11 Å². The number of halogens is 2. The molecule has 0 saturated carbocycles. The molecule has 0 aromatic heterocycles. The molecule has 0 spiro atoms. The van der Waals surface area contributed by atoms with E-state index in [1.807, 2.05) is 0 Å². The average molecular weight is 437 g/mol. The van der Waals surface area contributed by atoms with E-state index in [-0.39, 0.29) is 11.1 Å². The maximum absolute atomic E-state index is 14.9. The third kappa shape index (κ3) is 3.31. The van der Waals surface area contributed by atoms with Crippen LogP contribution in [0.2, 0.25) is 13.1 Å². The Morgan fingerprint density at radius 1 is 1.33 bits per heavy atom. The minimum atomic E-state index is -3.98. The predicted octanol–water partition coefficient (Wildman–Crippen LogP) is 2.84. The van der Waals surface area contributed by atoms with Crippen LogP contribution in [-0.2, 0) is 14.4 Å². The summed E-state index contributed by atoms with van der Waals surface area (Å²) in [6.07, 6.45) is 1.60. The molecule has 1 saturated heterocycles. The van der Waals surface area contributed by atoms with Crippen molar-refractivity contribution in [3.05, 3.63) is 28.7 Å². The summed E-state index contributed by atoms with van der Waals surface area (Å²) in [5, 5.41) is 0. The molecular formula is C15H22BrFN2O3SSi. The van der Waals surface area contributed by atoms with Crippen LogP contribution in [-0.4, -0.2) is 56.9 Å². The molecule has 9 heteroatoms. The summed E-state index contributed by atoms with van der Waals surface area (Å²) in [5.74, 6) is 0.453. The van der Waals surface area contributed by atoms with Crippen molar-refractivity contribution in [1.82, 2.24) is 4.31 Å². The van der Waals surface area contributed by atoms with Crippen LogP contribution >= 0.6 is 15.9 Å². The van der Waals surface area contributed by atoms with E-state index in [0.717, 1.165) is 10.9 Å². The van der Waals surface area contributed by atoms with Crippen LogP contribution in [0, 0.1) is 0 Å². The van der Waals surface area contributed by atoms with E-state index in [0.29, 0.717) is 18.9 Å². The topological polar surface area (TPSA) is 49.6 Å². The van der Waals surface area contributed by atoms with Crippen molar-refractivity contribution >= 4 is 39.8 Å². The van der Waals surface area contributed by atoms with Gasteiger partial charge in [0, 0.05) is 0 Å². The first kappa shape index (κ1) is 18.0. The van der Waals surface area contributed by atoms with Gasteiger partial charge in [-0.1, -0.05) is 0 Å². The SMILES string of the molecule is C[N+]1=C([C@@H]2CCCN2S(=O)(=O)c2ccc(Br)cc2)O[Si-](C)(C)(F)C1.